The SMILES string of the molecule is Cc1csc(C2CCCN(C(=O)C[C@@H]3CCC[C@H]3N)C2)n1.Cl.Cl. The summed E-state index contributed by atoms with van der Waals surface area (Å²) in [5, 5.41) is 3.30. The number of likely N-dealkylation sites (tertiary alicyclic amines) is 1. The van der Waals surface area contributed by atoms with Gasteiger partial charge in [0.25, 0.3) is 0 Å². The van der Waals surface area contributed by atoms with Crippen molar-refractivity contribution in [1.29, 1.82) is 0 Å². The summed E-state index contributed by atoms with van der Waals surface area (Å²) >= 11 is 1.73. The van der Waals surface area contributed by atoms with Gasteiger partial charge in [-0.25, -0.2) is 4.98 Å². The molecule has 23 heavy (non-hydrogen) atoms. The number of carbonyl (C=O) groups excluding carboxylic acids is 1. The maximum Gasteiger partial charge on any atom is 0.222 e. The summed E-state index contributed by atoms with van der Waals surface area (Å²) in [6.07, 6.45) is 6.27. The van der Waals surface area contributed by atoms with Crippen LogP contribution in [0.4, 0.5) is 0 Å². The molecule has 0 bridgehead atoms. The van der Waals surface area contributed by atoms with E-state index in [0.29, 0.717) is 24.2 Å². The third-order valence-electron chi connectivity index (χ3n) is 4.91. The minimum Gasteiger partial charge on any atom is -0.342 e. The summed E-state index contributed by atoms with van der Waals surface area (Å²) in [4.78, 5) is 19.2. The van der Waals surface area contributed by atoms with Crippen LogP contribution in [0.25, 0.3) is 0 Å². The van der Waals surface area contributed by atoms with E-state index in [1.807, 2.05) is 6.92 Å². The molecule has 7 heteroatoms. The summed E-state index contributed by atoms with van der Waals surface area (Å²) < 4.78 is 0. The first-order valence-corrected chi connectivity index (χ1v) is 8.97. The molecule has 3 atom stereocenters. The number of hydrogen-bond acceptors (Lipinski definition) is 4. The van der Waals surface area contributed by atoms with Crippen LogP contribution in [0.1, 0.15) is 55.1 Å². The molecular weight excluding hydrogens is 353 g/mol. The van der Waals surface area contributed by atoms with Gasteiger partial charge >= 0.3 is 0 Å². The van der Waals surface area contributed by atoms with Crippen molar-refractivity contribution in [1.82, 2.24) is 9.88 Å². The summed E-state index contributed by atoms with van der Waals surface area (Å²) in [5.41, 5.74) is 7.19. The second-order valence-electron chi connectivity index (χ2n) is 6.56. The zero-order valence-corrected chi connectivity index (χ0v) is 16.0. The molecule has 132 valence electrons. The van der Waals surface area contributed by atoms with Crippen molar-refractivity contribution < 1.29 is 4.79 Å². The molecule has 0 spiro atoms. The zero-order valence-electron chi connectivity index (χ0n) is 13.6. The Bertz CT molecular complexity index is 511. The Morgan fingerprint density at radius 1 is 1.35 bits per heavy atom. The van der Waals surface area contributed by atoms with Gasteiger partial charge in [-0.1, -0.05) is 6.42 Å². The Morgan fingerprint density at radius 3 is 2.74 bits per heavy atom. The second kappa shape index (κ2) is 9.21. The van der Waals surface area contributed by atoms with E-state index in [4.69, 9.17) is 5.73 Å². The number of piperidine rings is 1. The van der Waals surface area contributed by atoms with Crippen LogP contribution in [0.5, 0.6) is 0 Å². The first-order valence-electron chi connectivity index (χ1n) is 8.09. The van der Waals surface area contributed by atoms with Gasteiger partial charge in [0.2, 0.25) is 5.91 Å². The first kappa shape index (κ1) is 20.7. The van der Waals surface area contributed by atoms with E-state index in [0.717, 1.165) is 44.5 Å². The van der Waals surface area contributed by atoms with Gasteiger partial charge in [-0.05, 0) is 38.5 Å². The van der Waals surface area contributed by atoms with Crippen LogP contribution in [0.2, 0.25) is 0 Å². The van der Waals surface area contributed by atoms with Gasteiger partial charge in [0.15, 0.2) is 0 Å². The van der Waals surface area contributed by atoms with Crippen molar-refractivity contribution in [3.05, 3.63) is 16.1 Å². The van der Waals surface area contributed by atoms with Gasteiger partial charge in [-0.2, -0.15) is 0 Å². The second-order valence-corrected chi connectivity index (χ2v) is 7.45. The number of rotatable bonds is 3. The smallest absolute Gasteiger partial charge is 0.222 e. The molecule has 1 saturated carbocycles. The van der Waals surface area contributed by atoms with E-state index < -0.39 is 0 Å². The lowest BCUT2D eigenvalue weighted by Crippen LogP contribution is -2.41. The normalized spacial score (nSPS) is 27.2. The molecular formula is C16H27Cl2N3OS. The maximum absolute atomic E-state index is 12.5. The zero-order chi connectivity index (χ0) is 14.8. The fourth-order valence-corrected chi connectivity index (χ4v) is 4.56. The molecule has 0 aromatic carbocycles. The predicted molar refractivity (Wildman–Crippen MR) is 99.8 cm³/mol. The predicted octanol–water partition coefficient (Wildman–Crippen LogP) is 3.52. The van der Waals surface area contributed by atoms with E-state index in [2.05, 4.69) is 15.3 Å². The van der Waals surface area contributed by atoms with Crippen LogP contribution in [0, 0.1) is 12.8 Å². The number of aromatic nitrogens is 1. The minimum atomic E-state index is 0. The van der Waals surface area contributed by atoms with Gasteiger partial charge in [-0.3, -0.25) is 4.79 Å². The van der Waals surface area contributed by atoms with Crippen molar-refractivity contribution in [2.45, 2.75) is 57.4 Å². The highest BCUT2D eigenvalue weighted by molar-refractivity contribution is 7.09. The lowest BCUT2D eigenvalue weighted by molar-refractivity contribution is -0.133. The Labute approximate surface area is 155 Å². The van der Waals surface area contributed by atoms with Crippen molar-refractivity contribution in [3.63, 3.8) is 0 Å². The fraction of sp³-hybridized carbons (Fsp3) is 0.750. The van der Waals surface area contributed by atoms with Crippen LogP contribution in [-0.4, -0.2) is 34.9 Å². The summed E-state index contributed by atoms with van der Waals surface area (Å²) in [5.74, 6) is 1.13. The van der Waals surface area contributed by atoms with Crippen LogP contribution in [0.15, 0.2) is 5.38 Å². The summed E-state index contributed by atoms with van der Waals surface area (Å²) in [7, 11) is 0. The lowest BCUT2D eigenvalue weighted by Gasteiger charge is -2.33. The Hall–Kier alpha value is -0.360. The number of amides is 1. The fourth-order valence-electron chi connectivity index (χ4n) is 3.64. The minimum absolute atomic E-state index is 0. The maximum atomic E-state index is 12.5. The van der Waals surface area contributed by atoms with Crippen molar-refractivity contribution in [2.75, 3.05) is 13.1 Å². The Balaban J connectivity index is 0.00000132. The lowest BCUT2D eigenvalue weighted by atomic mass is 9.95. The van der Waals surface area contributed by atoms with Gasteiger partial charge in [0.1, 0.15) is 0 Å². The average Bonchev–Trinajstić information content (AvgIpc) is 3.08. The molecule has 1 amide bonds. The van der Waals surface area contributed by atoms with Crippen LogP contribution in [0.3, 0.4) is 0 Å². The standard InChI is InChI=1S/C16H25N3OS.2ClH/c1-11-10-21-16(18-11)13-5-3-7-19(9-13)15(20)8-12-4-2-6-14(12)17;;/h10,12-14H,2-9,17H2,1H3;2*1H/t12-,13?,14+;;/m0../s1. The first-order chi connectivity index (χ1) is 10.1. The van der Waals surface area contributed by atoms with E-state index in [-0.39, 0.29) is 30.9 Å². The van der Waals surface area contributed by atoms with Gasteiger partial charge in [-0.15, -0.1) is 36.2 Å². The van der Waals surface area contributed by atoms with Crippen LogP contribution >= 0.6 is 36.2 Å². The summed E-state index contributed by atoms with van der Waals surface area (Å²) in [6, 6.07) is 0.233. The summed E-state index contributed by atoms with van der Waals surface area (Å²) in [6.45, 7) is 3.78. The van der Waals surface area contributed by atoms with Crippen molar-refractivity contribution in [3.8, 4) is 0 Å². The van der Waals surface area contributed by atoms with Gasteiger partial charge < -0.3 is 10.6 Å². The largest absolute Gasteiger partial charge is 0.342 e. The molecule has 2 heterocycles. The van der Waals surface area contributed by atoms with E-state index in [1.54, 1.807) is 11.3 Å². The number of nitrogens with zero attached hydrogens (tertiary/aromatic N) is 2. The molecule has 4 nitrogen and oxygen atoms in total. The topological polar surface area (TPSA) is 59.2 Å². The van der Waals surface area contributed by atoms with E-state index >= 15 is 0 Å². The van der Waals surface area contributed by atoms with Crippen molar-refractivity contribution >= 4 is 42.1 Å². The molecule has 1 aromatic heterocycles. The number of hydrogen-bond donors (Lipinski definition) is 1. The third kappa shape index (κ3) is 5.05. The monoisotopic (exact) mass is 379 g/mol. The van der Waals surface area contributed by atoms with E-state index in [9.17, 15) is 4.79 Å². The molecule has 2 fully saturated rings. The molecule has 1 aliphatic carbocycles. The van der Waals surface area contributed by atoms with Gasteiger partial charge in [0, 0.05) is 42.5 Å². The number of aryl methyl sites for hydroxylation is 1. The molecule has 1 aliphatic heterocycles. The third-order valence-corrected chi connectivity index (χ3v) is 6.04. The van der Waals surface area contributed by atoms with E-state index in [1.165, 1.54) is 11.4 Å². The number of carbonyl (C=O) groups is 1. The quantitative estimate of drug-likeness (QED) is 0.873. The molecule has 2 N–H and O–H groups in total. The van der Waals surface area contributed by atoms with Crippen LogP contribution < -0.4 is 5.73 Å². The van der Waals surface area contributed by atoms with Crippen LogP contribution in [-0.2, 0) is 4.79 Å². The molecule has 1 unspecified atom stereocenters. The number of thiazole rings is 1. The molecule has 0 radical (unpaired) electrons. The average molecular weight is 380 g/mol. The molecule has 3 rings (SSSR count). The molecule has 1 aromatic rings. The Kier molecular flexibility index (Phi) is 8.28. The number of halogens is 2. The highest BCUT2D eigenvalue weighted by Crippen LogP contribution is 2.31. The highest BCUT2D eigenvalue weighted by Gasteiger charge is 2.31. The highest BCUT2D eigenvalue weighted by atomic mass is 35.5. The number of nitrogens with two attached hydrogens (primary N) is 1. The molecule has 2 aliphatic rings. The van der Waals surface area contributed by atoms with Crippen molar-refractivity contribution in [2.24, 2.45) is 11.7 Å². The van der Waals surface area contributed by atoms with Gasteiger partial charge in [0.05, 0.1) is 5.01 Å². The molecule has 1 saturated heterocycles. The Morgan fingerprint density at radius 2 is 2.13 bits per heavy atom.